The predicted molar refractivity (Wildman–Crippen MR) is 87.7 cm³/mol. The molecule has 0 atom stereocenters. The quantitative estimate of drug-likeness (QED) is 0.802. The van der Waals surface area contributed by atoms with E-state index in [1.54, 1.807) is 19.2 Å². The van der Waals surface area contributed by atoms with Crippen molar-refractivity contribution in [3.63, 3.8) is 0 Å². The van der Waals surface area contributed by atoms with E-state index in [0.29, 0.717) is 0 Å². The van der Waals surface area contributed by atoms with E-state index >= 15 is 0 Å². The Hall–Kier alpha value is -2.82. The lowest BCUT2D eigenvalue weighted by molar-refractivity contribution is 0.412. The Morgan fingerprint density at radius 2 is 1.91 bits per heavy atom. The minimum atomic E-state index is -0.243. The van der Waals surface area contributed by atoms with Crippen LogP contribution in [0.1, 0.15) is 5.56 Å². The van der Waals surface area contributed by atoms with Gasteiger partial charge in [-0.05, 0) is 42.8 Å². The molecule has 4 rings (SSSR count). The molecule has 0 radical (unpaired) electrons. The first kappa shape index (κ1) is 13.8. The lowest BCUT2D eigenvalue weighted by atomic mass is 10.1. The zero-order valence-electron chi connectivity index (χ0n) is 12.7. The van der Waals surface area contributed by atoms with Gasteiger partial charge in [-0.15, -0.1) is 0 Å². The van der Waals surface area contributed by atoms with Crippen molar-refractivity contribution in [3.05, 3.63) is 59.9 Å². The smallest absolute Gasteiger partial charge is 0.144 e. The van der Waals surface area contributed by atoms with Gasteiger partial charge in [-0.3, -0.25) is 0 Å². The Balaban J connectivity index is 1.90. The summed E-state index contributed by atoms with van der Waals surface area (Å²) in [4.78, 5) is 0. The molecule has 0 bridgehead atoms. The van der Waals surface area contributed by atoms with Gasteiger partial charge in [0, 0.05) is 17.7 Å². The maximum Gasteiger partial charge on any atom is 0.144 e. The van der Waals surface area contributed by atoms with Gasteiger partial charge in [0.05, 0.1) is 12.8 Å². The largest absolute Gasteiger partial charge is 0.494 e. The maximum absolute atomic E-state index is 13.2. The Morgan fingerprint density at radius 3 is 2.70 bits per heavy atom. The minimum Gasteiger partial charge on any atom is -0.494 e. The van der Waals surface area contributed by atoms with Crippen LogP contribution < -0.4 is 10.1 Å². The van der Waals surface area contributed by atoms with Gasteiger partial charge in [0.1, 0.15) is 23.1 Å². The van der Waals surface area contributed by atoms with Crippen LogP contribution in [-0.4, -0.2) is 23.4 Å². The summed E-state index contributed by atoms with van der Waals surface area (Å²) in [6.07, 6.45) is 0.900. The number of nitrogens with zero attached hydrogens (tertiary/aromatic N) is 2. The molecule has 1 aromatic heterocycles. The fourth-order valence-corrected chi connectivity index (χ4v) is 2.99. The zero-order chi connectivity index (χ0) is 15.8. The van der Waals surface area contributed by atoms with Gasteiger partial charge in [-0.1, -0.05) is 12.1 Å². The van der Waals surface area contributed by atoms with E-state index < -0.39 is 0 Å². The van der Waals surface area contributed by atoms with Gasteiger partial charge >= 0.3 is 0 Å². The predicted octanol–water partition coefficient (Wildman–Crippen LogP) is 3.66. The van der Waals surface area contributed by atoms with E-state index in [4.69, 9.17) is 9.84 Å². The summed E-state index contributed by atoms with van der Waals surface area (Å²) in [7, 11) is 1.65. The molecular weight excluding hydrogens is 293 g/mol. The first-order chi connectivity index (χ1) is 11.3. The molecule has 23 heavy (non-hydrogen) atoms. The van der Waals surface area contributed by atoms with Crippen molar-refractivity contribution in [1.82, 2.24) is 9.78 Å². The molecule has 3 aromatic rings. The van der Waals surface area contributed by atoms with E-state index in [1.165, 1.54) is 12.1 Å². The molecule has 2 aromatic carbocycles. The van der Waals surface area contributed by atoms with Crippen molar-refractivity contribution in [1.29, 1.82) is 0 Å². The summed E-state index contributed by atoms with van der Waals surface area (Å²) in [5, 5.41) is 8.15. The first-order valence-electron chi connectivity index (χ1n) is 7.53. The lowest BCUT2D eigenvalue weighted by Gasteiger charge is -2.10. The Bertz CT molecular complexity index is 855. The average Bonchev–Trinajstić information content (AvgIpc) is 3.18. The number of rotatable bonds is 3. The highest BCUT2D eigenvalue weighted by Crippen LogP contribution is 2.36. The second kappa shape index (κ2) is 5.43. The summed E-state index contributed by atoms with van der Waals surface area (Å²) in [5.74, 6) is 1.50. The van der Waals surface area contributed by atoms with E-state index in [-0.39, 0.29) is 5.82 Å². The molecule has 116 valence electrons. The van der Waals surface area contributed by atoms with Crippen LogP contribution in [0.5, 0.6) is 5.75 Å². The summed E-state index contributed by atoms with van der Waals surface area (Å²) in [6, 6.07) is 14.2. The van der Waals surface area contributed by atoms with E-state index in [9.17, 15) is 4.39 Å². The van der Waals surface area contributed by atoms with Gasteiger partial charge in [0.15, 0.2) is 0 Å². The topological polar surface area (TPSA) is 39.1 Å². The number of aromatic nitrogens is 2. The van der Waals surface area contributed by atoms with Crippen molar-refractivity contribution in [2.45, 2.75) is 6.42 Å². The van der Waals surface area contributed by atoms with Crippen LogP contribution in [0.25, 0.3) is 16.9 Å². The van der Waals surface area contributed by atoms with Crippen molar-refractivity contribution >= 4 is 5.82 Å². The van der Waals surface area contributed by atoms with Crippen LogP contribution in [0, 0.1) is 5.82 Å². The molecule has 1 aliphatic rings. The fraction of sp³-hybridized carbons (Fsp3) is 0.167. The molecule has 0 spiro atoms. The normalized spacial score (nSPS) is 12.8. The molecule has 4 nitrogen and oxygen atoms in total. The molecule has 0 unspecified atom stereocenters. The number of anilines is 1. The van der Waals surface area contributed by atoms with E-state index in [0.717, 1.165) is 47.0 Å². The molecule has 0 aliphatic carbocycles. The monoisotopic (exact) mass is 309 g/mol. The molecule has 5 heteroatoms. The second-order valence-electron chi connectivity index (χ2n) is 5.44. The minimum absolute atomic E-state index is 0.243. The van der Waals surface area contributed by atoms with Crippen LogP contribution in [0.15, 0.2) is 48.5 Å². The number of para-hydroxylation sites is 2. The molecule has 2 heterocycles. The number of hydrogen-bond donors (Lipinski definition) is 1. The fourth-order valence-electron chi connectivity index (χ4n) is 2.99. The van der Waals surface area contributed by atoms with Gasteiger partial charge in [0.25, 0.3) is 0 Å². The maximum atomic E-state index is 13.2. The number of benzene rings is 2. The Labute approximate surface area is 133 Å². The summed E-state index contributed by atoms with van der Waals surface area (Å²) >= 11 is 0. The number of ether oxygens (including phenoxy) is 1. The number of methoxy groups -OCH3 is 1. The third-order valence-corrected chi connectivity index (χ3v) is 4.08. The summed E-state index contributed by atoms with van der Waals surface area (Å²) in [5.41, 5.74) is 3.84. The van der Waals surface area contributed by atoms with Gasteiger partial charge in [-0.25, -0.2) is 9.07 Å². The van der Waals surface area contributed by atoms with Crippen molar-refractivity contribution in [2.75, 3.05) is 19.0 Å². The van der Waals surface area contributed by atoms with Crippen LogP contribution in [0.2, 0.25) is 0 Å². The second-order valence-corrected chi connectivity index (χ2v) is 5.44. The molecule has 0 saturated heterocycles. The zero-order valence-corrected chi connectivity index (χ0v) is 12.7. The first-order valence-corrected chi connectivity index (χ1v) is 7.53. The van der Waals surface area contributed by atoms with Crippen molar-refractivity contribution in [2.24, 2.45) is 0 Å². The molecule has 0 saturated carbocycles. The standard InChI is InChI=1S/C18H16FN3O/c1-23-16-5-3-2-4-15(16)22-18-14(10-11-20-18)17(21-22)12-6-8-13(19)9-7-12/h2-9,20H,10-11H2,1H3. The van der Waals surface area contributed by atoms with Gasteiger partial charge in [0.2, 0.25) is 0 Å². The Kier molecular flexibility index (Phi) is 3.26. The third-order valence-electron chi connectivity index (χ3n) is 4.08. The molecule has 1 aliphatic heterocycles. The van der Waals surface area contributed by atoms with Gasteiger partial charge in [-0.2, -0.15) is 5.10 Å². The lowest BCUT2D eigenvalue weighted by Crippen LogP contribution is -2.05. The highest BCUT2D eigenvalue weighted by molar-refractivity contribution is 5.73. The van der Waals surface area contributed by atoms with Crippen LogP contribution in [0.4, 0.5) is 10.2 Å². The molecular formula is C18H16FN3O. The van der Waals surface area contributed by atoms with Crippen molar-refractivity contribution < 1.29 is 9.13 Å². The van der Waals surface area contributed by atoms with E-state index in [2.05, 4.69) is 5.32 Å². The van der Waals surface area contributed by atoms with Crippen LogP contribution in [-0.2, 0) is 6.42 Å². The Morgan fingerprint density at radius 1 is 1.13 bits per heavy atom. The number of halogens is 1. The van der Waals surface area contributed by atoms with Gasteiger partial charge < -0.3 is 10.1 Å². The van der Waals surface area contributed by atoms with Crippen LogP contribution >= 0.6 is 0 Å². The SMILES string of the molecule is COc1ccccc1-n1nc(-c2ccc(F)cc2)c2c1NCC2. The summed E-state index contributed by atoms with van der Waals surface area (Å²) in [6.45, 7) is 0.872. The highest BCUT2D eigenvalue weighted by atomic mass is 19.1. The average molecular weight is 309 g/mol. The highest BCUT2D eigenvalue weighted by Gasteiger charge is 2.24. The number of nitrogens with one attached hydrogen (secondary N) is 1. The number of fused-ring (bicyclic) bond motifs is 1. The molecule has 1 N–H and O–H groups in total. The summed E-state index contributed by atoms with van der Waals surface area (Å²) < 4.78 is 20.5. The van der Waals surface area contributed by atoms with E-state index in [1.807, 2.05) is 28.9 Å². The van der Waals surface area contributed by atoms with Crippen molar-refractivity contribution in [3.8, 4) is 22.7 Å². The van der Waals surface area contributed by atoms with Crippen LogP contribution in [0.3, 0.4) is 0 Å². The molecule has 0 amide bonds. The third kappa shape index (κ3) is 2.25. The number of hydrogen-bond acceptors (Lipinski definition) is 3. The molecule has 0 fully saturated rings.